The molecule has 2 aliphatic rings. The number of nitrogens with zero attached hydrogens (tertiary/aromatic N) is 1. The van der Waals surface area contributed by atoms with E-state index in [1.807, 2.05) is 0 Å². The van der Waals surface area contributed by atoms with E-state index >= 15 is 0 Å². The molecule has 2 fully saturated rings. The third-order valence-electron chi connectivity index (χ3n) is 3.71. The Hall–Kier alpha value is -0.0800. The molecule has 0 aromatic rings. The zero-order chi connectivity index (χ0) is 8.55. The first-order valence-corrected chi connectivity index (χ1v) is 5.25. The molecule has 0 bridgehead atoms. The summed E-state index contributed by atoms with van der Waals surface area (Å²) in [4.78, 5) is 2.52. The molecule has 1 aliphatic carbocycles. The second-order valence-electron chi connectivity index (χ2n) is 4.45. The van der Waals surface area contributed by atoms with Gasteiger partial charge in [-0.25, -0.2) is 0 Å². The van der Waals surface area contributed by atoms with Gasteiger partial charge in [-0.05, 0) is 38.8 Å². The fraction of sp³-hybridized carbons (Fsp3) is 1.00. The number of hydrogen-bond acceptors (Lipinski definition) is 2. The molecule has 1 saturated heterocycles. The molecule has 2 heteroatoms. The van der Waals surface area contributed by atoms with Gasteiger partial charge in [0.1, 0.15) is 0 Å². The second-order valence-corrected chi connectivity index (χ2v) is 4.45. The number of likely N-dealkylation sites (tertiary alicyclic amines) is 1. The van der Waals surface area contributed by atoms with Gasteiger partial charge < -0.3 is 10.6 Å². The number of hydrogen-bond donors (Lipinski definition) is 1. The molecule has 3 atom stereocenters. The first-order chi connectivity index (χ1) is 5.79. The van der Waals surface area contributed by atoms with Crippen molar-refractivity contribution in [3.05, 3.63) is 0 Å². The first-order valence-electron chi connectivity index (χ1n) is 5.25. The zero-order valence-electron chi connectivity index (χ0n) is 8.00. The van der Waals surface area contributed by atoms with Crippen LogP contribution in [0.2, 0.25) is 0 Å². The molecule has 1 heterocycles. The summed E-state index contributed by atoms with van der Waals surface area (Å²) < 4.78 is 0. The summed E-state index contributed by atoms with van der Waals surface area (Å²) in [6.07, 6.45) is 6.78. The highest BCUT2D eigenvalue weighted by Gasteiger charge is 2.35. The van der Waals surface area contributed by atoms with Crippen LogP contribution in [0, 0.1) is 5.92 Å². The van der Waals surface area contributed by atoms with Gasteiger partial charge in [0.2, 0.25) is 0 Å². The average molecular weight is 168 g/mol. The SMILES string of the molecule is CN1CC[C@H](N)[C@H]2CCCC[C@H]21. The van der Waals surface area contributed by atoms with Crippen molar-refractivity contribution in [2.24, 2.45) is 11.7 Å². The Labute approximate surface area is 75.1 Å². The topological polar surface area (TPSA) is 29.3 Å². The molecule has 0 aromatic carbocycles. The molecular formula is C10H20N2. The molecule has 2 N–H and O–H groups in total. The van der Waals surface area contributed by atoms with Crippen molar-refractivity contribution in [3.8, 4) is 0 Å². The summed E-state index contributed by atoms with van der Waals surface area (Å²) in [7, 11) is 2.26. The average Bonchev–Trinajstić information content (AvgIpc) is 2.12. The Morgan fingerprint density at radius 1 is 1.17 bits per heavy atom. The summed E-state index contributed by atoms with van der Waals surface area (Å²) in [5, 5.41) is 0. The number of piperidine rings is 1. The molecule has 70 valence electrons. The van der Waals surface area contributed by atoms with Gasteiger partial charge >= 0.3 is 0 Å². The van der Waals surface area contributed by atoms with Crippen molar-refractivity contribution in [2.45, 2.75) is 44.2 Å². The van der Waals surface area contributed by atoms with Gasteiger partial charge in [0.15, 0.2) is 0 Å². The lowest BCUT2D eigenvalue weighted by atomic mass is 9.76. The minimum atomic E-state index is 0.492. The van der Waals surface area contributed by atoms with Crippen molar-refractivity contribution >= 4 is 0 Å². The molecule has 2 nitrogen and oxygen atoms in total. The van der Waals surface area contributed by atoms with Crippen LogP contribution in [0.3, 0.4) is 0 Å². The summed E-state index contributed by atoms with van der Waals surface area (Å²) in [5.41, 5.74) is 6.12. The molecule has 12 heavy (non-hydrogen) atoms. The quantitative estimate of drug-likeness (QED) is 0.589. The van der Waals surface area contributed by atoms with Crippen LogP contribution < -0.4 is 5.73 Å². The van der Waals surface area contributed by atoms with E-state index in [2.05, 4.69) is 11.9 Å². The van der Waals surface area contributed by atoms with Crippen LogP contribution in [0.15, 0.2) is 0 Å². The van der Waals surface area contributed by atoms with Gasteiger partial charge in [-0.3, -0.25) is 0 Å². The van der Waals surface area contributed by atoms with Gasteiger partial charge in [0.25, 0.3) is 0 Å². The van der Waals surface area contributed by atoms with Gasteiger partial charge in [-0.1, -0.05) is 12.8 Å². The van der Waals surface area contributed by atoms with E-state index in [0.717, 1.165) is 12.0 Å². The Balaban J connectivity index is 2.05. The monoisotopic (exact) mass is 168 g/mol. The Kier molecular flexibility index (Phi) is 2.37. The number of nitrogens with two attached hydrogens (primary N) is 1. The third-order valence-corrected chi connectivity index (χ3v) is 3.71. The Bertz CT molecular complexity index is 140. The van der Waals surface area contributed by atoms with Gasteiger partial charge in [0, 0.05) is 12.1 Å². The van der Waals surface area contributed by atoms with Crippen LogP contribution in [0.1, 0.15) is 32.1 Å². The lowest BCUT2D eigenvalue weighted by Gasteiger charge is -2.45. The minimum absolute atomic E-state index is 0.492. The molecular weight excluding hydrogens is 148 g/mol. The van der Waals surface area contributed by atoms with E-state index < -0.39 is 0 Å². The van der Waals surface area contributed by atoms with Crippen LogP contribution >= 0.6 is 0 Å². The van der Waals surface area contributed by atoms with Crippen LogP contribution in [-0.4, -0.2) is 30.6 Å². The number of rotatable bonds is 0. The van der Waals surface area contributed by atoms with Crippen molar-refractivity contribution in [2.75, 3.05) is 13.6 Å². The van der Waals surface area contributed by atoms with E-state index in [9.17, 15) is 0 Å². The molecule has 0 aromatic heterocycles. The largest absolute Gasteiger partial charge is 0.327 e. The first kappa shape index (κ1) is 8.52. The maximum Gasteiger partial charge on any atom is 0.0135 e. The molecule has 1 saturated carbocycles. The van der Waals surface area contributed by atoms with E-state index in [0.29, 0.717) is 6.04 Å². The summed E-state index contributed by atoms with van der Waals surface area (Å²) in [6, 6.07) is 1.30. The Morgan fingerprint density at radius 2 is 1.92 bits per heavy atom. The maximum atomic E-state index is 6.12. The standard InChI is InChI=1S/C10H20N2/c1-12-7-6-9(11)8-4-2-3-5-10(8)12/h8-10H,2-7,11H2,1H3/t8-,9+,10-/m1/s1. The molecule has 1 aliphatic heterocycles. The summed E-state index contributed by atoms with van der Waals surface area (Å²) in [5.74, 6) is 0.803. The van der Waals surface area contributed by atoms with E-state index in [1.165, 1.54) is 38.6 Å². The molecule has 0 spiro atoms. The predicted octanol–water partition coefficient (Wildman–Crippen LogP) is 1.21. The smallest absolute Gasteiger partial charge is 0.0135 e. The van der Waals surface area contributed by atoms with Crippen molar-refractivity contribution in [3.63, 3.8) is 0 Å². The highest BCUT2D eigenvalue weighted by atomic mass is 15.1. The zero-order valence-corrected chi connectivity index (χ0v) is 8.00. The highest BCUT2D eigenvalue weighted by Crippen LogP contribution is 2.33. The van der Waals surface area contributed by atoms with E-state index in [1.54, 1.807) is 0 Å². The van der Waals surface area contributed by atoms with Crippen molar-refractivity contribution < 1.29 is 0 Å². The normalized spacial score (nSPS) is 44.0. The van der Waals surface area contributed by atoms with Gasteiger partial charge in [-0.15, -0.1) is 0 Å². The molecule has 0 unspecified atom stereocenters. The van der Waals surface area contributed by atoms with Crippen molar-refractivity contribution in [1.29, 1.82) is 0 Å². The highest BCUT2D eigenvalue weighted by molar-refractivity contribution is 4.92. The van der Waals surface area contributed by atoms with Crippen LogP contribution in [0.4, 0.5) is 0 Å². The lowest BCUT2D eigenvalue weighted by molar-refractivity contribution is 0.0679. The van der Waals surface area contributed by atoms with Gasteiger partial charge in [-0.2, -0.15) is 0 Å². The Morgan fingerprint density at radius 3 is 2.67 bits per heavy atom. The van der Waals surface area contributed by atoms with Gasteiger partial charge in [0.05, 0.1) is 0 Å². The predicted molar refractivity (Wildman–Crippen MR) is 51.0 cm³/mol. The second kappa shape index (κ2) is 3.35. The maximum absolute atomic E-state index is 6.12. The van der Waals surface area contributed by atoms with Crippen LogP contribution in [-0.2, 0) is 0 Å². The third kappa shape index (κ3) is 1.38. The van der Waals surface area contributed by atoms with Crippen LogP contribution in [0.25, 0.3) is 0 Å². The lowest BCUT2D eigenvalue weighted by Crippen LogP contribution is -2.53. The van der Waals surface area contributed by atoms with E-state index in [-0.39, 0.29) is 0 Å². The van der Waals surface area contributed by atoms with Crippen LogP contribution in [0.5, 0.6) is 0 Å². The van der Waals surface area contributed by atoms with Crippen molar-refractivity contribution in [1.82, 2.24) is 4.90 Å². The van der Waals surface area contributed by atoms with E-state index in [4.69, 9.17) is 5.73 Å². The fourth-order valence-corrected chi connectivity index (χ4v) is 2.92. The molecule has 2 rings (SSSR count). The fourth-order valence-electron chi connectivity index (χ4n) is 2.92. The number of fused-ring (bicyclic) bond motifs is 1. The molecule has 0 amide bonds. The minimum Gasteiger partial charge on any atom is -0.327 e. The summed E-state index contributed by atoms with van der Waals surface area (Å²) in [6.45, 7) is 1.21. The summed E-state index contributed by atoms with van der Waals surface area (Å²) >= 11 is 0. The molecule has 0 radical (unpaired) electrons.